The SMILES string of the molecule is Brc1cccc(N=c2oc3ccc4ccccc4c3cc2-c2nc3ccccc3s2)c1. The lowest BCUT2D eigenvalue weighted by atomic mass is 10.0. The van der Waals surface area contributed by atoms with Gasteiger partial charge in [-0.15, -0.1) is 11.3 Å². The van der Waals surface area contributed by atoms with Crippen molar-refractivity contribution in [3.05, 3.63) is 101 Å². The summed E-state index contributed by atoms with van der Waals surface area (Å²) in [5.41, 5.74) is 4.05. The molecule has 31 heavy (non-hydrogen) atoms. The summed E-state index contributed by atoms with van der Waals surface area (Å²) in [5, 5.41) is 4.28. The van der Waals surface area contributed by atoms with Crippen molar-refractivity contribution in [1.82, 2.24) is 4.98 Å². The Hall–Kier alpha value is -3.28. The van der Waals surface area contributed by atoms with E-state index in [-0.39, 0.29) is 0 Å². The van der Waals surface area contributed by atoms with Crippen LogP contribution in [0.4, 0.5) is 5.69 Å². The molecular formula is C26H15BrN2OS. The van der Waals surface area contributed by atoms with Gasteiger partial charge >= 0.3 is 0 Å². The Balaban J connectivity index is 1.71. The van der Waals surface area contributed by atoms with Crippen LogP contribution in [0.25, 0.3) is 42.5 Å². The molecule has 0 bridgehead atoms. The van der Waals surface area contributed by atoms with E-state index in [2.05, 4.69) is 58.4 Å². The molecule has 0 atom stereocenters. The van der Waals surface area contributed by atoms with Gasteiger partial charge in [0.25, 0.3) is 0 Å². The Morgan fingerprint density at radius 3 is 2.58 bits per heavy atom. The van der Waals surface area contributed by atoms with Gasteiger partial charge in [-0.25, -0.2) is 9.98 Å². The van der Waals surface area contributed by atoms with Crippen molar-refractivity contribution < 1.29 is 4.42 Å². The van der Waals surface area contributed by atoms with Crippen LogP contribution in [-0.4, -0.2) is 4.98 Å². The molecule has 0 unspecified atom stereocenters. The van der Waals surface area contributed by atoms with Crippen LogP contribution in [0, 0.1) is 0 Å². The molecule has 0 saturated heterocycles. The van der Waals surface area contributed by atoms with Crippen molar-refractivity contribution in [3.63, 3.8) is 0 Å². The maximum absolute atomic E-state index is 6.38. The molecule has 0 fully saturated rings. The van der Waals surface area contributed by atoms with Gasteiger partial charge in [0.1, 0.15) is 10.6 Å². The molecule has 0 amide bonds. The lowest BCUT2D eigenvalue weighted by molar-refractivity contribution is 0.548. The van der Waals surface area contributed by atoms with Crippen molar-refractivity contribution in [2.24, 2.45) is 4.99 Å². The van der Waals surface area contributed by atoms with Crippen molar-refractivity contribution in [1.29, 1.82) is 0 Å². The van der Waals surface area contributed by atoms with Gasteiger partial charge in [0, 0.05) is 9.86 Å². The van der Waals surface area contributed by atoms with Crippen molar-refractivity contribution in [2.75, 3.05) is 0 Å². The van der Waals surface area contributed by atoms with Gasteiger partial charge in [-0.3, -0.25) is 0 Å². The molecule has 5 heteroatoms. The minimum Gasteiger partial charge on any atom is -0.438 e. The first-order chi connectivity index (χ1) is 15.2. The fraction of sp³-hybridized carbons (Fsp3) is 0. The Morgan fingerprint density at radius 1 is 0.806 bits per heavy atom. The average molecular weight is 483 g/mol. The maximum Gasteiger partial charge on any atom is 0.230 e. The Bertz CT molecular complexity index is 1630. The van der Waals surface area contributed by atoms with E-state index >= 15 is 0 Å². The van der Waals surface area contributed by atoms with Gasteiger partial charge in [0.15, 0.2) is 0 Å². The third-order valence-corrected chi connectivity index (χ3v) is 6.78. The number of para-hydroxylation sites is 1. The van der Waals surface area contributed by atoms with Crippen LogP contribution >= 0.6 is 27.3 Å². The first kappa shape index (κ1) is 18.5. The lowest BCUT2D eigenvalue weighted by Gasteiger charge is -2.06. The van der Waals surface area contributed by atoms with Gasteiger partial charge in [0.05, 0.1) is 21.5 Å². The van der Waals surface area contributed by atoms with Crippen LogP contribution < -0.4 is 5.55 Å². The van der Waals surface area contributed by atoms with Crippen molar-refractivity contribution >= 4 is 64.9 Å². The molecule has 148 valence electrons. The number of halogens is 1. The van der Waals surface area contributed by atoms with Crippen LogP contribution in [0.3, 0.4) is 0 Å². The molecule has 0 aliphatic rings. The number of thiazole rings is 1. The monoisotopic (exact) mass is 482 g/mol. The maximum atomic E-state index is 6.38. The first-order valence-corrected chi connectivity index (χ1v) is 11.5. The number of rotatable bonds is 2. The highest BCUT2D eigenvalue weighted by atomic mass is 79.9. The molecule has 2 heterocycles. The molecule has 0 N–H and O–H groups in total. The minimum atomic E-state index is 0.555. The number of fused-ring (bicyclic) bond motifs is 4. The zero-order valence-corrected chi connectivity index (χ0v) is 18.7. The molecule has 2 aromatic heterocycles. The van der Waals surface area contributed by atoms with E-state index < -0.39 is 0 Å². The lowest BCUT2D eigenvalue weighted by Crippen LogP contribution is -2.05. The van der Waals surface area contributed by atoms with E-state index in [0.29, 0.717) is 5.55 Å². The van der Waals surface area contributed by atoms with Gasteiger partial charge in [0.2, 0.25) is 5.55 Å². The zero-order chi connectivity index (χ0) is 20.8. The molecule has 0 radical (unpaired) electrons. The fourth-order valence-corrected chi connectivity index (χ4v) is 5.13. The standard InChI is InChI=1S/C26H15BrN2OS/c27-17-7-5-8-18(14-17)28-25-21(26-29-22-10-3-4-11-24(22)31-26)15-20-19-9-2-1-6-16(19)12-13-23(20)30-25/h1-15H. The summed E-state index contributed by atoms with van der Waals surface area (Å²) < 4.78 is 8.50. The molecule has 4 aromatic carbocycles. The van der Waals surface area contributed by atoms with E-state index in [9.17, 15) is 0 Å². The third kappa shape index (κ3) is 3.36. The minimum absolute atomic E-state index is 0.555. The van der Waals surface area contributed by atoms with E-state index in [1.807, 2.05) is 48.5 Å². The predicted octanol–water partition coefficient (Wildman–Crippen LogP) is 7.86. The highest BCUT2D eigenvalue weighted by Gasteiger charge is 2.13. The second-order valence-corrected chi connectivity index (χ2v) is 9.19. The number of benzene rings is 4. The first-order valence-electron chi connectivity index (χ1n) is 9.86. The van der Waals surface area contributed by atoms with Gasteiger partial charge in [-0.2, -0.15) is 0 Å². The number of hydrogen-bond acceptors (Lipinski definition) is 4. The molecule has 3 nitrogen and oxygen atoms in total. The summed E-state index contributed by atoms with van der Waals surface area (Å²) in [6.07, 6.45) is 0. The normalized spacial score (nSPS) is 12.2. The van der Waals surface area contributed by atoms with Crippen LogP contribution in [0.5, 0.6) is 0 Å². The Morgan fingerprint density at radius 2 is 1.68 bits per heavy atom. The summed E-state index contributed by atoms with van der Waals surface area (Å²) >= 11 is 5.18. The predicted molar refractivity (Wildman–Crippen MR) is 132 cm³/mol. The van der Waals surface area contributed by atoms with Crippen LogP contribution in [0.15, 0.2) is 105 Å². The van der Waals surface area contributed by atoms with E-state index in [1.54, 1.807) is 11.3 Å². The van der Waals surface area contributed by atoms with Crippen molar-refractivity contribution in [3.8, 4) is 10.6 Å². The van der Waals surface area contributed by atoms with Crippen molar-refractivity contribution in [2.45, 2.75) is 0 Å². The fourth-order valence-electron chi connectivity index (χ4n) is 3.77. The van der Waals surface area contributed by atoms with Gasteiger partial charge < -0.3 is 4.42 Å². The number of nitrogens with zero attached hydrogens (tertiary/aromatic N) is 2. The Labute approximate surface area is 190 Å². The average Bonchev–Trinajstić information content (AvgIpc) is 3.22. The highest BCUT2D eigenvalue weighted by Crippen LogP contribution is 2.32. The summed E-state index contributed by atoms with van der Waals surface area (Å²) in [4.78, 5) is 9.73. The molecule has 0 spiro atoms. The molecule has 0 aliphatic heterocycles. The van der Waals surface area contributed by atoms with Gasteiger partial charge in [-0.05, 0) is 53.2 Å². The second kappa shape index (κ2) is 7.45. The summed E-state index contributed by atoms with van der Waals surface area (Å²) in [5.74, 6) is 0. The van der Waals surface area contributed by atoms with Crippen LogP contribution in [0.1, 0.15) is 0 Å². The largest absolute Gasteiger partial charge is 0.438 e. The van der Waals surface area contributed by atoms with E-state index in [4.69, 9.17) is 14.4 Å². The highest BCUT2D eigenvalue weighted by molar-refractivity contribution is 9.10. The summed E-state index contributed by atoms with van der Waals surface area (Å²) in [7, 11) is 0. The molecule has 0 saturated carbocycles. The molecule has 6 rings (SSSR count). The summed E-state index contributed by atoms with van der Waals surface area (Å²) in [6, 6.07) is 30.7. The van der Waals surface area contributed by atoms with E-state index in [1.165, 1.54) is 5.39 Å². The third-order valence-electron chi connectivity index (χ3n) is 5.22. The molecular weight excluding hydrogens is 468 g/mol. The smallest absolute Gasteiger partial charge is 0.230 e. The number of aromatic nitrogens is 1. The van der Waals surface area contributed by atoms with E-state index in [0.717, 1.165) is 47.3 Å². The van der Waals surface area contributed by atoms with Gasteiger partial charge in [-0.1, -0.05) is 64.5 Å². The number of hydrogen-bond donors (Lipinski definition) is 0. The second-order valence-electron chi connectivity index (χ2n) is 7.24. The van der Waals surface area contributed by atoms with Crippen LogP contribution in [0.2, 0.25) is 0 Å². The molecule has 6 aromatic rings. The molecule has 0 aliphatic carbocycles. The summed E-state index contributed by atoms with van der Waals surface area (Å²) in [6.45, 7) is 0. The topological polar surface area (TPSA) is 38.4 Å². The zero-order valence-electron chi connectivity index (χ0n) is 16.2. The quantitative estimate of drug-likeness (QED) is 0.235. The Kier molecular flexibility index (Phi) is 4.44. The van der Waals surface area contributed by atoms with Crippen LogP contribution in [-0.2, 0) is 0 Å².